The lowest BCUT2D eigenvalue weighted by molar-refractivity contribution is 0.0755. The molecule has 158 valence electrons. The zero-order valence-electron chi connectivity index (χ0n) is 16.9. The molecule has 0 unspecified atom stereocenters. The topological polar surface area (TPSA) is 75.7 Å². The Morgan fingerprint density at radius 1 is 1.03 bits per heavy atom. The number of nitrogens with zero attached hydrogens (tertiary/aromatic N) is 1. The second-order valence-corrected chi connectivity index (χ2v) is 8.56. The lowest BCUT2D eigenvalue weighted by atomic mass is 10.2. The molecule has 1 amide bonds. The highest BCUT2D eigenvalue weighted by atomic mass is 35.5. The van der Waals surface area contributed by atoms with Gasteiger partial charge in [0, 0.05) is 24.3 Å². The fourth-order valence-electron chi connectivity index (χ4n) is 2.88. The van der Waals surface area contributed by atoms with Crippen molar-refractivity contribution in [2.75, 3.05) is 24.4 Å². The van der Waals surface area contributed by atoms with Gasteiger partial charge in [-0.3, -0.25) is 9.52 Å². The second-order valence-electron chi connectivity index (χ2n) is 6.50. The number of carbonyl (C=O) groups excluding carboxylic acids is 1. The molecule has 0 atom stereocenters. The van der Waals surface area contributed by atoms with Crippen molar-refractivity contribution < 1.29 is 17.9 Å². The molecule has 2 rings (SSSR count). The van der Waals surface area contributed by atoms with Gasteiger partial charge in [0.15, 0.2) is 0 Å². The highest BCUT2D eigenvalue weighted by Gasteiger charge is 2.22. The number of ether oxygens (including phenoxy) is 1. The molecule has 8 heteroatoms. The molecule has 29 heavy (non-hydrogen) atoms. The van der Waals surface area contributed by atoms with Crippen LogP contribution in [0.3, 0.4) is 0 Å². The Hall–Kier alpha value is -2.25. The maximum atomic E-state index is 12.9. The first-order valence-electron chi connectivity index (χ1n) is 9.66. The van der Waals surface area contributed by atoms with Crippen LogP contribution in [0.1, 0.15) is 44.0 Å². The SMILES string of the molecule is CCCN(CCC)C(=O)c1ccc(Cl)c(S(=O)(=O)Nc2ccc(OCC)cc2)c1. The van der Waals surface area contributed by atoms with Crippen LogP contribution in [0.25, 0.3) is 0 Å². The van der Waals surface area contributed by atoms with Gasteiger partial charge in [0.1, 0.15) is 10.6 Å². The summed E-state index contributed by atoms with van der Waals surface area (Å²) in [6, 6.07) is 10.9. The maximum absolute atomic E-state index is 12.9. The van der Waals surface area contributed by atoms with Crippen molar-refractivity contribution in [2.45, 2.75) is 38.5 Å². The summed E-state index contributed by atoms with van der Waals surface area (Å²) in [7, 11) is -3.97. The van der Waals surface area contributed by atoms with Crippen LogP contribution in [0.5, 0.6) is 5.75 Å². The van der Waals surface area contributed by atoms with Crippen LogP contribution in [0, 0.1) is 0 Å². The van der Waals surface area contributed by atoms with E-state index in [1.165, 1.54) is 12.1 Å². The fraction of sp³-hybridized carbons (Fsp3) is 0.381. The number of halogens is 1. The normalized spacial score (nSPS) is 11.2. The second kappa shape index (κ2) is 10.5. The highest BCUT2D eigenvalue weighted by molar-refractivity contribution is 7.92. The highest BCUT2D eigenvalue weighted by Crippen LogP contribution is 2.26. The van der Waals surface area contributed by atoms with Gasteiger partial charge in [0.05, 0.1) is 11.6 Å². The zero-order chi connectivity index (χ0) is 21.4. The van der Waals surface area contributed by atoms with Crippen LogP contribution in [0.4, 0.5) is 5.69 Å². The van der Waals surface area contributed by atoms with Gasteiger partial charge in [-0.15, -0.1) is 0 Å². The predicted molar refractivity (Wildman–Crippen MR) is 116 cm³/mol. The molecule has 0 aliphatic rings. The molecule has 2 aromatic rings. The van der Waals surface area contributed by atoms with Crippen LogP contribution < -0.4 is 9.46 Å². The largest absolute Gasteiger partial charge is 0.494 e. The van der Waals surface area contributed by atoms with Crippen molar-refractivity contribution in [2.24, 2.45) is 0 Å². The number of amides is 1. The van der Waals surface area contributed by atoms with E-state index >= 15 is 0 Å². The Morgan fingerprint density at radius 3 is 2.21 bits per heavy atom. The van der Waals surface area contributed by atoms with Crippen LogP contribution in [0.2, 0.25) is 5.02 Å². The molecule has 0 saturated heterocycles. The molecule has 0 heterocycles. The van der Waals surface area contributed by atoms with Gasteiger partial charge < -0.3 is 9.64 Å². The third kappa shape index (κ3) is 6.11. The lowest BCUT2D eigenvalue weighted by Gasteiger charge is -2.22. The lowest BCUT2D eigenvalue weighted by Crippen LogP contribution is -2.32. The van der Waals surface area contributed by atoms with E-state index in [4.69, 9.17) is 16.3 Å². The Morgan fingerprint density at radius 2 is 1.66 bits per heavy atom. The number of hydrogen-bond acceptors (Lipinski definition) is 4. The molecule has 0 aliphatic heterocycles. The Balaban J connectivity index is 2.30. The average molecular weight is 439 g/mol. The summed E-state index contributed by atoms with van der Waals surface area (Å²) in [6.45, 7) is 7.61. The van der Waals surface area contributed by atoms with Crippen molar-refractivity contribution in [3.8, 4) is 5.75 Å². The Bertz CT molecular complexity index is 924. The van der Waals surface area contributed by atoms with Gasteiger partial charge in [-0.05, 0) is 62.2 Å². The summed E-state index contributed by atoms with van der Waals surface area (Å²) in [5.74, 6) is 0.441. The van der Waals surface area contributed by atoms with E-state index in [1.54, 1.807) is 35.2 Å². The first-order valence-corrected chi connectivity index (χ1v) is 11.5. The molecule has 0 bridgehead atoms. The number of sulfonamides is 1. The number of rotatable bonds is 10. The van der Waals surface area contributed by atoms with Crippen LogP contribution in [0.15, 0.2) is 47.4 Å². The van der Waals surface area contributed by atoms with Gasteiger partial charge >= 0.3 is 0 Å². The summed E-state index contributed by atoms with van der Waals surface area (Å²) >= 11 is 6.16. The van der Waals surface area contributed by atoms with E-state index in [1.807, 2.05) is 20.8 Å². The predicted octanol–water partition coefficient (Wildman–Crippen LogP) is 4.80. The molecule has 0 aliphatic carbocycles. The fourth-order valence-corrected chi connectivity index (χ4v) is 4.46. The molecule has 0 radical (unpaired) electrons. The van der Waals surface area contributed by atoms with E-state index in [9.17, 15) is 13.2 Å². The number of carbonyl (C=O) groups is 1. The van der Waals surface area contributed by atoms with Crippen LogP contribution >= 0.6 is 11.6 Å². The van der Waals surface area contributed by atoms with Crippen LogP contribution in [-0.4, -0.2) is 38.9 Å². The molecule has 0 saturated carbocycles. The third-order valence-electron chi connectivity index (χ3n) is 4.16. The van der Waals surface area contributed by atoms with Gasteiger partial charge in [-0.25, -0.2) is 8.42 Å². The van der Waals surface area contributed by atoms with Gasteiger partial charge in [-0.2, -0.15) is 0 Å². The summed E-state index contributed by atoms with van der Waals surface area (Å²) in [5, 5.41) is 0.0533. The summed E-state index contributed by atoms with van der Waals surface area (Å²) in [4.78, 5) is 14.4. The third-order valence-corrected chi connectivity index (χ3v) is 6.02. The van der Waals surface area contributed by atoms with E-state index in [2.05, 4.69) is 4.72 Å². The molecular formula is C21H27ClN2O4S. The minimum atomic E-state index is -3.97. The number of anilines is 1. The number of hydrogen-bond donors (Lipinski definition) is 1. The molecule has 0 fully saturated rings. The average Bonchev–Trinajstić information content (AvgIpc) is 2.69. The smallest absolute Gasteiger partial charge is 0.263 e. The first-order chi connectivity index (χ1) is 13.8. The van der Waals surface area contributed by atoms with Crippen molar-refractivity contribution in [1.29, 1.82) is 0 Å². The summed E-state index contributed by atoms with van der Waals surface area (Å²) < 4.78 is 33.6. The van der Waals surface area contributed by atoms with Gasteiger partial charge in [0.25, 0.3) is 15.9 Å². The molecule has 6 nitrogen and oxygen atoms in total. The standard InChI is InChI=1S/C21H27ClN2O4S/c1-4-13-24(14-5-2)21(25)16-7-12-19(22)20(15-16)29(26,27)23-17-8-10-18(11-9-17)28-6-3/h7-12,15,23H,4-6,13-14H2,1-3H3. The monoisotopic (exact) mass is 438 g/mol. The summed E-state index contributed by atoms with van der Waals surface area (Å²) in [5.41, 5.74) is 0.670. The first kappa shape index (κ1) is 23.0. The summed E-state index contributed by atoms with van der Waals surface area (Å²) in [6.07, 6.45) is 1.65. The molecule has 0 spiro atoms. The maximum Gasteiger partial charge on any atom is 0.263 e. The van der Waals surface area contributed by atoms with E-state index in [0.717, 1.165) is 12.8 Å². The quantitative estimate of drug-likeness (QED) is 0.578. The number of nitrogens with one attached hydrogen (secondary N) is 1. The molecular weight excluding hydrogens is 412 g/mol. The number of benzene rings is 2. The molecule has 2 aromatic carbocycles. The minimum Gasteiger partial charge on any atom is -0.494 e. The van der Waals surface area contributed by atoms with Crippen molar-refractivity contribution in [3.63, 3.8) is 0 Å². The Labute approximate surface area is 177 Å². The van der Waals surface area contributed by atoms with Crippen LogP contribution in [-0.2, 0) is 10.0 Å². The zero-order valence-corrected chi connectivity index (χ0v) is 18.5. The van der Waals surface area contributed by atoms with Crippen molar-refractivity contribution >= 4 is 33.2 Å². The molecule has 0 aromatic heterocycles. The van der Waals surface area contributed by atoms with E-state index < -0.39 is 10.0 Å². The van der Waals surface area contributed by atoms with Crippen molar-refractivity contribution in [3.05, 3.63) is 53.1 Å². The van der Waals surface area contributed by atoms with Crippen molar-refractivity contribution in [1.82, 2.24) is 4.90 Å². The molecule has 1 N–H and O–H groups in total. The van der Waals surface area contributed by atoms with Gasteiger partial charge in [-0.1, -0.05) is 25.4 Å². The Kier molecular flexibility index (Phi) is 8.34. The van der Waals surface area contributed by atoms with E-state index in [0.29, 0.717) is 36.7 Å². The van der Waals surface area contributed by atoms with E-state index in [-0.39, 0.29) is 15.8 Å². The minimum absolute atomic E-state index is 0.0533. The van der Waals surface area contributed by atoms with Gasteiger partial charge in [0.2, 0.25) is 0 Å².